The van der Waals surface area contributed by atoms with Crippen molar-refractivity contribution in [2.75, 3.05) is 6.54 Å². The van der Waals surface area contributed by atoms with E-state index in [-0.39, 0.29) is 5.54 Å². The van der Waals surface area contributed by atoms with Crippen molar-refractivity contribution < 1.29 is 0 Å². The highest BCUT2D eigenvalue weighted by Crippen LogP contribution is 2.15. The van der Waals surface area contributed by atoms with E-state index < -0.39 is 0 Å². The van der Waals surface area contributed by atoms with E-state index in [4.69, 9.17) is 5.73 Å². The van der Waals surface area contributed by atoms with Crippen LogP contribution < -0.4 is 11.1 Å². The Morgan fingerprint density at radius 2 is 1.75 bits per heavy atom. The molecule has 0 bridgehead atoms. The Hall–Kier alpha value is -0.860. The second-order valence-corrected chi connectivity index (χ2v) is 5.34. The Labute approximate surface area is 99.2 Å². The van der Waals surface area contributed by atoms with Crippen molar-refractivity contribution >= 4 is 0 Å². The summed E-state index contributed by atoms with van der Waals surface area (Å²) in [5.41, 5.74) is 8.38. The number of nitrogens with two attached hydrogens (primary N) is 1. The van der Waals surface area contributed by atoms with Crippen molar-refractivity contribution in [2.24, 2.45) is 5.73 Å². The maximum absolute atomic E-state index is 5.67. The Balaban J connectivity index is 2.56. The molecule has 3 N–H and O–H groups in total. The SMILES string of the molecule is CC(C)c1ccc(CNC(C)(C)CN)cc1. The molecular formula is C14H24N2. The monoisotopic (exact) mass is 220 g/mol. The predicted molar refractivity (Wildman–Crippen MR) is 70.5 cm³/mol. The lowest BCUT2D eigenvalue weighted by Crippen LogP contribution is -2.45. The predicted octanol–water partition coefficient (Wildman–Crippen LogP) is 2.64. The second-order valence-electron chi connectivity index (χ2n) is 5.34. The molecule has 2 heteroatoms. The number of rotatable bonds is 5. The average molecular weight is 220 g/mol. The molecule has 0 aliphatic carbocycles. The Morgan fingerprint density at radius 3 is 2.19 bits per heavy atom. The molecule has 0 fully saturated rings. The highest BCUT2D eigenvalue weighted by atomic mass is 15.0. The van der Waals surface area contributed by atoms with Crippen LogP contribution in [-0.2, 0) is 6.54 Å². The molecule has 0 unspecified atom stereocenters. The molecule has 1 aromatic carbocycles. The number of benzene rings is 1. The highest BCUT2D eigenvalue weighted by Gasteiger charge is 2.13. The molecule has 90 valence electrons. The van der Waals surface area contributed by atoms with Gasteiger partial charge in [0, 0.05) is 18.6 Å². The number of nitrogens with one attached hydrogen (secondary N) is 1. The summed E-state index contributed by atoms with van der Waals surface area (Å²) >= 11 is 0. The average Bonchev–Trinajstić information content (AvgIpc) is 2.27. The van der Waals surface area contributed by atoms with Crippen LogP contribution >= 0.6 is 0 Å². The maximum Gasteiger partial charge on any atom is 0.0250 e. The van der Waals surface area contributed by atoms with Crippen LogP contribution in [0.3, 0.4) is 0 Å². The standard InChI is InChI=1S/C14H24N2/c1-11(2)13-7-5-12(6-8-13)9-16-14(3,4)10-15/h5-8,11,16H,9-10,15H2,1-4H3. The molecular weight excluding hydrogens is 196 g/mol. The van der Waals surface area contributed by atoms with Crippen LogP contribution in [0.2, 0.25) is 0 Å². The molecule has 0 aliphatic heterocycles. The van der Waals surface area contributed by atoms with Crippen molar-refractivity contribution in [3.63, 3.8) is 0 Å². The summed E-state index contributed by atoms with van der Waals surface area (Å²) in [6, 6.07) is 8.79. The molecule has 0 aliphatic rings. The third kappa shape index (κ3) is 3.95. The van der Waals surface area contributed by atoms with Gasteiger partial charge in [-0.05, 0) is 30.9 Å². The second kappa shape index (κ2) is 5.46. The van der Waals surface area contributed by atoms with Gasteiger partial charge in [0.05, 0.1) is 0 Å². The maximum atomic E-state index is 5.67. The van der Waals surface area contributed by atoms with Crippen LogP contribution in [-0.4, -0.2) is 12.1 Å². The zero-order valence-corrected chi connectivity index (χ0v) is 10.9. The number of hydrogen-bond acceptors (Lipinski definition) is 2. The van der Waals surface area contributed by atoms with Gasteiger partial charge >= 0.3 is 0 Å². The van der Waals surface area contributed by atoms with E-state index in [1.54, 1.807) is 0 Å². The quantitative estimate of drug-likeness (QED) is 0.800. The molecule has 0 amide bonds. The molecule has 1 rings (SSSR count). The molecule has 0 aromatic heterocycles. The summed E-state index contributed by atoms with van der Waals surface area (Å²) in [6.07, 6.45) is 0. The van der Waals surface area contributed by atoms with E-state index in [0.29, 0.717) is 12.5 Å². The van der Waals surface area contributed by atoms with E-state index >= 15 is 0 Å². The van der Waals surface area contributed by atoms with Gasteiger partial charge in [-0.1, -0.05) is 38.1 Å². The van der Waals surface area contributed by atoms with Crippen molar-refractivity contribution in [1.82, 2.24) is 5.32 Å². The molecule has 0 heterocycles. The van der Waals surface area contributed by atoms with E-state index in [0.717, 1.165) is 6.54 Å². The third-order valence-corrected chi connectivity index (χ3v) is 2.93. The van der Waals surface area contributed by atoms with Gasteiger partial charge in [0.15, 0.2) is 0 Å². The van der Waals surface area contributed by atoms with Crippen LogP contribution in [0, 0.1) is 0 Å². The zero-order valence-electron chi connectivity index (χ0n) is 10.9. The molecule has 0 saturated carbocycles. The molecule has 0 saturated heterocycles. The van der Waals surface area contributed by atoms with Crippen molar-refractivity contribution in [3.05, 3.63) is 35.4 Å². The molecule has 1 aromatic rings. The first kappa shape index (κ1) is 13.2. The lowest BCUT2D eigenvalue weighted by atomic mass is 10.0. The van der Waals surface area contributed by atoms with Gasteiger partial charge in [0.2, 0.25) is 0 Å². The van der Waals surface area contributed by atoms with E-state index in [9.17, 15) is 0 Å². The fraction of sp³-hybridized carbons (Fsp3) is 0.571. The van der Waals surface area contributed by atoms with E-state index in [1.807, 2.05) is 0 Å². The summed E-state index contributed by atoms with van der Waals surface area (Å²) in [4.78, 5) is 0. The van der Waals surface area contributed by atoms with Gasteiger partial charge in [-0.25, -0.2) is 0 Å². The van der Waals surface area contributed by atoms with Crippen molar-refractivity contribution in [3.8, 4) is 0 Å². The van der Waals surface area contributed by atoms with Crippen molar-refractivity contribution in [2.45, 2.75) is 45.7 Å². The van der Waals surface area contributed by atoms with Crippen molar-refractivity contribution in [1.29, 1.82) is 0 Å². The van der Waals surface area contributed by atoms with Gasteiger partial charge in [0.1, 0.15) is 0 Å². The first-order chi connectivity index (χ1) is 7.44. The summed E-state index contributed by atoms with van der Waals surface area (Å²) in [5.74, 6) is 0.600. The van der Waals surface area contributed by atoms with Crippen LogP contribution in [0.4, 0.5) is 0 Å². The molecule has 0 radical (unpaired) electrons. The minimum absolute atomic E-state index is 0.0106. The zero-order chi connectivity index (χ0) is 12.2. The first-order valence-corrected chi connectivity index (χ1v) is 5.98. The number of hydrogen-bond donors (Lipinski definition) is 2. The van der Waals surface area contributed by atoms with Gasteiger partial charge in [-0.2, -0.15) is 0 Å². The normalized spacial score (nSPS) is 12.1. The fourth-order valence-corrected chi connectivity index (χ4v) is 1.43. The topological polar surface area (TPSA) is 38.0 Å². The van der Waals surface area contributed by atoms with E-state index in [2.05, 4.69) is 57.3 Å². The highest BCUT2D eigenvalue weighted by molar-refractivity contribution is 5.24. The van der Waals surface area contributed by atoms with Gasteiger partial charge < -0.3 is 11.1 Å². The van der Waals surface area contributed by atoms with Crippen LogP contribution in [0.5, 0.6) is 0 Å². The van der Waals surface area contributed by atoms with Gasteiger partial charge in [-0.3, -0.25) is 0 Å². The van der Waals surface area contributed by atoms with Gasteiger partial charge in [0.25, 0.3) is 0 Å². The molecule has 16 heavy (non-hydrogen) atoms. The minimum Gasteiger partial charge on any atom is -0.329 e. The first-order valence-electron chi connectivity index (χ1n) is 5.98. The molecule has 0 spiro atoms. The third-order valence-electron chi connectivity index (χ3n) is 2.93. The lowest BCUT2D eigenvalue weighted by molar-refractivity contribution is 0.396. The Bertz CT molecular complexity index is 312. The summed E-state index contributed by atoms with van der Waals surface area (Å²) in [5, 5.41) is 3.45. The van der Waals surface area contributed by atoms with Gasteiger partial charge in [-0.15, -0.1) is 0 Å². The molecule has 2 nitrogen and oxygen atoms in total. The summed E-state index contributed by atoms with van der Waals surface area (Å²) < 4.78 is 0. The summed E-state index contributed by atoms with van der Waals surface area (Å²) in [7, 11) is 0. The Morgan fingerprint density at radius 1 is 1.19 bits per heavy atom. The smallest absolute Gasteiger partial charge is 0.0250 e. The van der Waals surface area contributed by atoms with Crippen LogP contribution in [0.1, 0.15) is 44.7 Å². The Kier molecular flexibility index (Phi) is 4.51. The lowest BCUT2D eigenvalue weighted by Gasteiger charge is -2.24. The fourth-order valence-electron chi connectivity index (χ4n) is 1.43. The van der Waals surface area contributed by atoms with Crippen LogP contribution in [0.15, 0.2) is 24.3 Å². The van der Waals surface area contributed by atoms with E-state index in [1.165, 1.54) is 11.1 Å². The summed E-state index contributed by atoms with van der Waals surface area (Å²) in [6.45, 7) is 10.2. The largest absolute Gasteiger partial charge is 0.329 e. The minimum atomic E-state index is 0.0106. The molecule has 0 atom stereocenters. The van der Waals surface area contributed by atoms with Crippen LogP contribution in [0.25, 0.3) is 0 Å².